The van der Waals surface area contributed by atoms with E-state index in [1.807, 2.05) is 0 Å². The second-order valence-electron chi connectivity index (χ2n) is 10.6. The third-order valence-corrected chi connectivity index (χ3v) is 6.99. The van der Waals surface area contributed by atoms with Gasteiger partial charge >= 0.3 is 11.9 Å². The minimum Gasteiger partial charge on any atom is -0.481 e. The number of hydrogen-bond donors (Lipinski definition) is 1. The number of hydrogen-bond acceptors (Lipinski definition) is 3. The molecule has 0 radical (unpaired) electrons. The van der Waals surface area contributed by atoms with E-state index in [0.717, 1.165) is 57.8 Å². The summed E-state index contributed by atoms with van der Waals surface area (Å²) in [5, 5.41) is 8.69. The van der Waals surface area contributed by atoms with Gasteiger partial charge in [0.05, 0.1) is 0 Å². The zero-order valence-electron chi connectivity index (χ0n) is 24.1. The molecule has 36 heavy (non-hydrogen) atoms. The van der Waals surface area contributed by atoms with Crippen LogP contribution < -0.4 is 0 Å². The van der Waals surface area contributed by atoms with E-state index in [9.17, 15) is 9.59 Å². The lowest BCUT2D eigenvalue weighted by atomic mass is 10.0. The van der Waals surface area contributed by atoms with Crippen molar-refractivity contribution in [2.75, 3.05) is 0 Å². The van der Waals surface area contributed by atoms with Crippen molar-refractivity contribution in [3.05, 3.63) is 12.2 Å². The Morgan fingerprint density at radius 1 is 0.583 bits per heavy atom. The van der Waals surface area contributed by atoms with E-state index >= 15 is 0 Å². The van der Waals surface area contributed by atoms with Gasteiger partial charge in [-0.1, -0.05) is 116 Å². The van der Waals surface area contributed by atoms with Crippen molar-refractivity contribution in [2.45, 2.75) is 180 Å². The zero-order chi connectivity index (χ0) is 26.5. The number of rotatable bonds is 28. The monoisotopic (exact) mass is 508 g/mol. The highest BCUT2D eigenvalue weighted by molar-refractivity contribution is 5.69. The molecule has 0 saturated carbocycles. The van der Waals surface area contributed by atoms with Crippen molar-refractivity contribution >= 4 is 11.9 Å². The van der Waals surface area contributed by atoms with E-state index in [-0.39, 0.29) is 12.1 Å². The van der Waals surface area contributed by atoms with Gasteiger partial charge in [0.25, 0.3) is 0 Å². The van der Waals surface area contributed by atoms with Gasteiger partial charge in [-0.25, -0.2) is 0 Å². The summed E-state index contributed by atoms with van der Waals surface area (Å²) in [6, 6.07) is 0. The van der Waals surface area contributed by atoms with Gasteiger partial charge in [0.2, 0.25) is 0 Å². The Morgan fingerprint density at radius 3 is 1.58 bits per heavy atom. The topological polar surface area (TPSA) is 63.6 Å². The van der Waals surface area contributed by atoms with E-state index in [1.165, 1.54) is 89.9 Å². The highest BCUT2D eigenvalue weighted by Gasteiger charge is 2.14. The molecule has 1 N–H and O–H groups in total. The fraction of sp³-hybridized carbons (Fsp3) is 0.875. The first-order chi connectivity index (χ1) is 17.6. The van der Waals surface area contributed by atoms with E-state index < -0.39 is 5.97 Å². The van der Waals surface area contributed by atoms with Gasteiger partial charge in [-0.15, -0.1) is 0 Å². The van der Waals surface area contributed by atoms with Gasteiger partial charge in [-0.3, -0.25) is 9.59 Å². The Morgan fingerprint density at radius 2 is 1.03 bits per heavy atom. The molecule has 0 aliphatic carbocycles. The molecule has 1 atom stereocenters. The van der Waals surface area contributed by atoms with Gasteiger partial charge in [0.15, 0.2) is 0 Å². The fourth-order valence-corrected chi connectivity index (χ4v) is 4.63. The summed E-state index contributed by atoms with van der Waals surface area (Å²) in [4.78, 5) is 23.0. The minimum absolute atomic E-state index is 0.00541. The highest BCUT2D eigenvalue weighted by Crippen LogP contribution is 2.18. The van der Waals surface area contributed by atoms with Crippen LogP contribution in [0.4, 0.5) is 0 Å². The van der Waals surface area contributed by atoms with Gasteiger partial charge in [0, 0.05) is 12.8 Å². The normalized spacial score (nSPS) is 12.3. The van der Waals surface area contributed by atoms with Crippen molar-refractivity contribution < 1.29 is 19.4 Å². The third-order valence-electron chi connectivity index (χ3n) is 6.99. The molecule has 0 spiro atoms. The number of carbonyl (C=O) groups is 2. The predicted octanol–water partition coefficient (Wildman–Crippen LogP) is 10.3. The molecule has 0 saturated heterocycles. The Labute approximate surface area is 224 Å². The lowest BCUT2D eigenvalue weighted by Crippen LogP contribution is -2.18. The van der Waals surface area contributed by atoms with Crippen LogP contribution in [0.25, 0.3) is 0 Å². The van der Waals surface area contributed by atoms with Crippen LogP contribution in [-0.2, 0) is 14.3 Å². The Balaban J connectivity index is 3.96. The van der Waals surface area contributed by atoms with Crippen LogP contribution in [-0.4, -0.2) is 23.1 Å². The maximum atomic E-state index is 12.5. The third kappa shape index (κ3) is 27.3. The second kappa shape index (κ2) is 28.3. The van der Waals surface area contributed by atoms with Crippen LogP contribution >= 0.6 is 0 Å². The van der Waals surface area contributed by atoms with E-state index in [1.54, 1.807) is 0 Å². The largest absolute Gasteiger partial charge is 0.481 e. The van der Waals surface area contributed by atoms with Crippen molar-refractivity contribution in [2.24, 2.45) is 0 Å². The average Bonchev–Trinajstić information content (AvgIpc) is 2.85. The summed E-state index contributed by atoms with van der Waals surface area (Å²) in [6.45, 7) is 4.47. The van der Waals surface area contributed by atoms with Gasteiger partial charge in [0.1, 0.15) is 6.10 Å². The SMILES string of the molecule is CCCC/C=C\CCCCCCCC(=O)OC(CCCCCCC)CCCCCCCCCC(=O)O. The highest BCUT2D eigenvalue weighted by atomic mass is 16.5. The Bertz CT molecular complexity index is 514. The smallest absolute Gasteiger partial charge is 0.306 e. The van der Waals surface area contributed by atoms with Crippen LogP contribution in [0, 0.1) is 0 Å². The van der Waals surface area contributed by atoms with Crippen LogP contribution in [0.3, 0.4) is 0 Å². The van der Waals surface area contributed by atoms with E-state index in [2.05, 4.69) is 26.0 Å². The maximum absolute atomic E-state index is 12.5. The van der Waals surface area contributed by atoms with E-state index in [4.69, 9.17) is 9.84 Å². The fourth-order valence-electron chi connectivity index (χ4n) is 4.63. The first kappa shape index (κ1) is 34.7. The molecule has 0 aliphatic rings. The molecule has 0 heterocycles. The number of carboxylic acids is 1. The summed E-state index contributed by atoms with van der Waals surface area (Å²) in [5.74, 6) is -0.683. The predicted molar refractivity (Wildman–Crippen MR) is 153 cm³/mol. The van der Waals surface area contributed by atoms with Crippen LogP contribution in [0.1, 0.15) is 174 Å². The van der Waals surface area contributed by atoms with Gasteiger partial charge in [-0.2, -0.15) is 0 Å². The summed E-state index contributed by atoms with van der Waals surface area (Å²) >= 11 is 0. The lowest BCUT2D eigenvalue weighted by molar-refractivity contribution is -0.150. The number of ether oxygens (including phenoxy) is 1. The van der Waals surface area contributed by atoms with Crippen molar-refractivity contribution in [1.82, 2.24) is 0 Å². The molecule has 1 unspecified atom stereocenters. The molecule has 4 heteroatoms. The van der Waals surface area contributed by atoms with Crippen molar-refractivity contribution in [3.63, 3.8) is 0 Å². The molecule has 4 nitrogen and oxygen atoms in total. The molecule has 212 valence electrons. The minimum atomic E-state index is -0.688. The summed E-state index contributed by atoms with van der Waals surface area (Å²) in [7, 11) is 0. The van der Waals surface area contributed by atoms with Crippen LogP contribution in [0.5, 0.6) is 0 Å². The van der Waals surface area contributed by atoms with Crippen LogP contribution in [0.2, 0.25) is 0 Å². The van der Waals surface area contributed by atoms with Gasteiger partial charge in [-0.05, 0) is 57.8 Å². The number of allylic oxidation sites excluding steroid dienone is 2. The first-order valence-electron chi connectivity index (χ1n) is 15.7. The molecule has 0 fully saturated rings. The van der Waals surface area contributed by atoms with E-state index in [0.29, 0.717) is 12.8 Å². The molecule has 0 aromatic carbocycles. The summed E-state index contributed by atoms with van der Waals surface area (Å²) in [6.07, 6.45) is 32.2. The number of unbranched alkanes of at least 4 members (excludes halogenated alkanes) is 17. The molecule has 0 amide bonds. The second-order valence-corrected chi connectivity index (χ2v) is 10.6. The molecule has 0 aromatic heterocycles. The number of esters is 1. The van der Waals surface area contributed by atoms with Crippen molar-refractivity contribution in [3.8, 4) is 0 Å². The zero-order valence-corrected chi connectivity index (χ0v) is 24.1. The molecular formula is C32H60O4. The average molecular weight is 509 g/mol. The quantitative estimate of drug-likeness (QED) is 0.0648. The molecule has 0 aromatic rings. The number of carbonyl (C=O) groups excluding carboxylic acids is 1. The molecule has 0 bridgehead atoms. The molecular weight excluding hydrogens is 448 g/mol. The molecule has 0 aliphatic heterocycles. The van der Waals surface area contributed by atoms with Crippen LogP contribution in [0.15, 0.2) is 12.2 Å². The number of carboxylic acid groups (broad SMARTS) is 1. The molecule has 0 rings (SSSR count). The first-order valence-corrected chi connectivity index (χ1v) is 15.7. The number of aliphatic carboxylic acids is 1. The van der Waals surface area contributed by atoms with Gasteiger partial charge < -0.3 is 9.84 Å². The Hall–Kier alpha value is -1.32. The lowest BCUT2D eigenvalue weighted by Gasteiger charge is -2.18. The van der Waals surface area contributed by atoms with Crippen molar-refractivity contribution in [1.29, 1.82) is 0 Å². The summed E-state index contributed by atoms with van der Waals surface area (Å²) in [5.41, 5.74) is 0. The summed E-state index contributed by atoms with van der Waals surface area (Å²) < 4.78 is 5.93. The maximum Gasteiger partial charge on any atom is 0.306 e. The standard InChI is InChI=1S/C32H60O4/c1-3-5-7-9-10-11-12-13-17-21-25-29-32(35)36-30(26-22-18-8-6-4-2)27-23-19-15-14-16-20-24-28-31(33)34/h9-10,30H,3-8,11-29H2,1-2H3,(H,33,34)/b10-9-. The Kier molecular flexibility index (Phi) is 27.2.